The molecular formula is C16H10F6O4Si. The standard InChI is InChI=1S/C16H10F6O4Si/c17-15(18,19)13(23)25-27(11-7-3-1-4-8-11,12-9-5-2-6-10-12)26-14(24)16(20,21)22/h1-10H. The summed E-state index contributed by atoms with van der Waals surface area (Å²) >= 11 is 0. The smallest absolute Gasteiger partial charge is 0.472 e. The lowest BCUT2D eigenvalue weighted by atomic mass is 10.4. The summed E-state index contributed by atoms with van der Waals surface area (Å²) in [5.41, 5.74) is 0. The fourth-order valence-corrected chi connectivity index (χ4v) is 4.98. The van der Waals surface area contributed by atoms with E-state index in [0.29, 0.717) is 0 Å². The van der Waals surface area contributed by atoms with Crippen LogP contribution in [0.15, 0.2) is 60.7 Å². The van der Waals surface area contributed by atoms with Crippen LogP contribution >= 0.6 is 0 Å². The van der Waals surface area contributed by atoms with Gasteiger partial charge in [0.05, 0.1) is 0 Å². The molecule has 0 amide bonds. The van der Waals surface area contributed by atoms with Gasteiger partial charge in [0.2, 0.25) is 0 Å². The van der Waals surface area contributed by atoms with E-state index in [9.17, 15) is 35.9 Å². The van der Waals surface area contributed by atoms with E-state index in [4.69, 9.17) is 0 Å². The van der Waals surface area contributed by atoms with Gasteiger partial charge < -0.3 is 8.85 Å². The maximum atomic E-state index is 12.8. The van der Waals surface area contributed by atoms with Crippen LogP contribution in [0.2, 0.25) is 0 Å². The molecule has 0 saturated carbocycles. The predicted molar refractivity (Wildman–Crippen MR) is 82.2 cm³/mol. The molecule has 0 unspecified atom stereocenters. The van der Waals surface area contributed by atoms with Crippen molar-refractivity contribution in [3.8, 4) is 0 Å². The number of benzene rings is 2. The van der Waals surface area contributed by atoms with Gasteiger partial charge in [0.15, 0.2) is 0 Å². The molecule has 0 bridgehead atoms. The molecule has 0 radical (unpaired) electrons. The van der Waals surface area contributed by atoms with Crippen molar-refractivity contribution in [2.45, 2.75) is 12.4 Å². The molecule has 0 aromatic heterocycles. The lowest BCUT2D eigenvalue weighted by Gasteiger charge is -2.30. The van der Waals surface area contributed by atoms with Gasteiger partial charge in [-0.15, -0.1) is 0 Å². The van der Waals surface area contributed by atoms with Crippen molar-refractivity contribution in [2.24, 2.45) is 0 Å². The summed E-state index contributed by atoms with van der Waals surface area (Å²) in [4.78, 5) is 22.9. The molecule has 0 aliphatic carbocycles. The molecule has 2 aromatic carbocycles. The fourth-order valence-electron chi connectivity index (χ4n) is 2.12. The normalized spacial score (nSPS) is 12.4. The molecule has 0 aliphatic rings. The van der Waals surface area contributed by atoms with Crippen molar-refractivity contribution in [3.63, 3.8) is 0 Å². The molecular weight excluding hydrogens is 398 g/mol. The van der Waals surface area contributed by atoms with Crippen LogP contribution in [0.25, 0.3) is 0 Å². The summed E-state index contributed by atoms with van der Waals surface area (Å²) in [6, 6.07) is 12.5. The van der Waals surface area contributed by atoms with Crippen LogP contribution in [-0.4, -0.2) is 32.9 Å². The first kappa shape index (κ1) is 20.5. The minimum atomic E-state index is -5.51. The van der Waals surface area contributed by atoms with E-state index in [1.54, 1.807) is 0 Å². The number of hydrogen-bond acceptors (Lipinski definition) is 4. The fraction of sp³-hybridized carbons (Fsp3) is 0.125. The van der Waals surface area contributed by atoms with E-state index in [1.165, 1.54) is 36.4 Å². The van der Waals surface area contributed by atoms with Crippen molar-refractivity contribution in [2.75, 3.05) is 0 Å². The molecule has 0 atom stereocenters. The van der Waals surface area contributed by atoms with E-state index in [2.05, 4.69) is 8.85 Å². The minimum Gasteiger partial charge on any atom is -0.472 e. The van der Waals surface area contributed by atoms with E-state index < -0.39 is 32.9 Å². The van der Waals surface area contributed by atoms with Gasteiger partial charge in [0, 0.05) is 10.4 Å². The molecule has 0 aliphatic heterocycles. The molecule has 27 heavy (non-hydrogen) atoms. The average molecular weight is 408 g/mol. The Hall–Kier alpha value is -2.82. The third kappa shape index (κ3) is 4.67. The second kappa shape index (κ2) is 7.43. The van der Waals surface area contributed by atoms with Crippen molar-refractivity contribution in [3.05, 3.63) is 60.7 Å². The van der Waals surface area contributed by atoms with Crippen LogP contribution in [0.1, 0.15) is 0 Å². The molecule has 4 nitrogen and oxygen atoms in total. The molecule has 0 N–H and O–H groups in total. The summed E-state index contributed by atoms with van der Waals surface area (Å²) in [6.45, 7) is 0. The molecule has 2 aromatic rings. The highest BCUT2D eigenvalue weighted by Gasteiger charge is 2.58. The maximum absolute atomic E-state index is 12.8. The first-order valence-corrected chi connectivity index (χ1v) is 9.00. The summed E-state index contributed by atoms with van der Waals surface area (Å²) in [7, 11) is -5.03. The molecule has 0 spiro atoms. The zero-order valence-electron chi connectivity index (χ0n) is 13.2. The minimum absolute atomic E-state index is 0.286. The van der Waals surface area contributed by atoms with Gasteiger partial charge in [-0.25, -0.2) is 9.59 Å². The Morgan fingerprint density at radius 1 is 0.630 bits per heavy atom. The Morgan fingerprint density at radius 3 is 1.19 bits per heavy atom. The quantitative estimate of drug-likeness (QED) is 0.576. The Kier molecular flexibility index (Phi) is 5.64. The summed E-state index contributed by atoms with van der Waals surface area (Å²) in [5, 5.41) is -0.571. The zero-order chi connectivity index (χ0) is 20.3. The monoisotopic (exact) mass is 408 g/mol. The van der Waals surface area contributed by atoms with Gasteiger partial charge in [-0.3, -0.25) is 0 Å². The van der Waals surface area contributed by atoms with Crippen LogP contribution in [0, 0.1) is 0 Å². The SMILES string of the molecule is O=C(O[Si](OC(=O)C(F)(F)F)(c1ccccc1)c1ccccc1)C(F)(F)F. The molecule has 0 fully saturated rings. The Labute approximate surface area is 149 Å². The highest BCUT2D eigenvalue weighted by molar-refractivity contribution is 6.94. The zero-order valence-corrected chi connectivity index (χ0v) is 14.2. The Morgan fingerprint density at radius 2 is 0.926 bits per heavy atom. The highest BCUT2D eigenvalue weighted by atomic mass is 28.4. The molecule has 0 saturated heterocycles. The van der Waals surface area contributed by atoms with E-state index in [1.807, 2.05) is 0 Å². The number of alkyl halides is 6. The van der Waals surface area contributed by atoms with Crippen LogP contribution in [0.5, 0.6) is 0 Å². The van der Waals surface area contributed by atoms with Gasteiger partial charge in [0.1, 0.15) is 0 Å². The summed E-state index contributed by atoms with van der Waals surface area (Å²) in [5.74, 6) is -5.53. The number of hydrogen-bond donors (Lipinski definition) is 0. The first-order valence-electron chi connectivity index (χ1n) is 7.18. The second-order valence-electron chi connectivity index (χ2n) is 5.12. The topological polar surface area (TPSA) is 52.6 Å². The highest BCUT2D eigenvalue weighted by Crippen LogP contribution is 2.24. The van der Waals surface area contributed by atoms with Crippen molar-refractivity contribution >= 4 is 30.9 Å². The molecule has 2 rings (SSSR count). The van der Waals surface area contributed by atoms with Crippen molar-refractivity contribution in [1.29, 1.82) is 0 Å². The Bertz CT molecular complexity index is 736. The van der Waals surface area contributed by atoms with Gasteiger partial charge in [0.25, 0.3) is 0 Å². The number of carbonyl (C=O) groups is 2. The third-order valence-corrected chi connectivity index (χ3v) is 6.38. The maximum Gasteiger partial charge on any atom is 0.535 e. The molecule has 144 valence electrons. The second-order valence-corrected chi connectivity index (χ2v) is 7.92. The molecule has 11 heteroatoms. The average Bonchev–Trinajstić information content (AvgIpc) is 2.60. The van der Waals surface area contributed by atoms with Crippen LogP contribution in [0.3, 0.4) is 0 Å². The third-order valence-electron chi connectivity index (χ3n) is 3.24. The molecule has 0 heterocycles. The van der Waals surface area contributed by atoms with Gasteiger partial charge in [-0.05, 0) is 0 Å². The summed E-state index contributed by atoms with van der Waals surface area (Å²) in [6.07, 6.45) is -11.0. The largest absolute Gasteiger partial charge is 0.535 e. The first-order chi connectivity index (χ1) is 12.5. The van der Waals surface area contributed by atoms with Crippen LogP contribution < -0.4 is 10.4 Å². The Balaban J connectivity index is 2.69. The van der Waals surface area contributed by atoms with Gasteiger partial charge in [-0.2, -0.15) is 26.3 Å². The lowest BCUT2D eigenvalue weighted by Crippen LogP contribution is -2.66. The number of carbonyl (C=O) groups excluding carboxylic acids is 2. The van der Waals surface area contributed by atoms with Crippen LogP contribution in [0.4, 0.5) is 26.3 Å². The lowest BCUT2D eigenvalue weighted by molar-refractivity contribution is -0.197. The van der Waals surface area contributed by atoms with Gasteiger partial charge >= 0.3 is 32.9 Å². The van der Waals surface area contributed by atoms with Crippen LogP contribution in [-0.2, 0) is 18.4 Å². The van der Waals surface area contributed by atoms with Crippen molar-refractivity contribution < 1.29 is 44.8 Å². The van der Waals surface area contributed by atoms with Crippen molar-refractivity contribution in [1.82, 2.24) is 0 Å². The van der Waals surface area contributed by atoms with E-state index in [-0.39, 0.29) is 10.4 Å². The summed E-state index contributed by atoms with van der Waals surface area (Å²) < 4.78 is 85.5. The van der Waals surface area contributed by atoms with E-state index >= 15 is 0 Å². The van der Waals surface area contributed by atoms with Gasteiger partial charge in [-0.1, -0.05) is 60.7 Å². The number of halogens is 6. The predicted octanol–water partition coefficient (Wildman–Crippen LogP) is 2.45. The number of rotatable bonds is 4. The van der Waals surface area contributed by atoms with E-state index in [0.717, 1.165) is 24.3 Å².